The van der Waals surface area contributed by atoms with E-state index in [0.717, 1.165) is 23.8 Å². The zero-order valence-corrected chi connectivity index (χ0v) is 11.4. The van der Waals surface area contributed by atoms with Gasteiger partial charge < -0.3 is 9.73 Å². The third-order valence-corrected chi connectivity index (χ3v) is 3.16. The zero-order chi connectivity index (χ0) is 13.8. The van der Waals surface area contributed by atoms with Crippen molar-refractivity contribution in [2.75, 3.05) is 5.32 Å². The first-order chi connectivity index (χ1) is 9.81. The second-order valence-corrected chi connectivity index (χ2v) is 4.73. The Kier molecular flexibility index (Phi) is 3.54. The molecule has 3 rings (SSSR count). The fourth-order valence-electron chi connectivity index (χ4n) is 2.16. The van der Waals surface area contributed by atoms with E-state index in [2.05, 4.69) is 22.5 Å². The molecule has 0 fully saturated rings. The molecule has 0 atom stereocenters. The summed E-state index contributed by atoms with van der Waals surface area (Å²) in [5.74, 6) is 1.88. The van der Waals surface area contributed by atoms with Crippen molar-refractivity contribution in [3.63, 3.8) is 0 Å². The number of aryl methyl sites for hydroxylation is 1. The van der Waals surface area contributed by atoms with Gasteiger partial charge in [0.15, 0.2) is 0 Å². The Balaban J connectivity index is 1.72. The number of aromatic nitrogens is 2. The largest absolute Gasteiger partial charge is 0.465 e. The molecule has 0 aliphatic carbocycles. The van der Waals surface area contributed by atoms with Crippen molar-refractivity contribution in [3.05, 3.63) is 71.9 Å². The van der Waals surface area contributed by atoms with Crippen LogP contribution < -0.4 is 5.32 Å². The van der Waals surface area contributed by atoms with Crippen molar-refractivity contribution in [2.24, 2.45) is 0 Å². The highest BCUT2D eigenvalue weighted by atomic mass is 16.3. The summed E-state index contributed by atoms with van der Waals surface area (Å²) in [5.41, 5.74) is 2.32. The minimum Gasteiger partial charge on any atom is -0.465 e. The van der Waals surface area contributed by atoms with Gasteiger partial charge in [-0.3, -0.25) is 4.68 Å². The molecular formula is C16H17N3O. The fraction of sp³-hybridized carbons (Fsp3) is 0.188. The first-order valence-corrected chi connectivity index (χ1v) is 6.66. The SMILES string of the molecule is Cc1ccc(CNc2ccccc2Cn2cccn2)o1. The fourth-order valence-corrected chi connectivity index (χ4v) is 2.16. The van der Waals surface area contributed by atoms with E-state index in [0.29, 0.717) is 6.54 Å². The molecule has 2 aromatic heterocycles. The number of hydrogen-bond acceptors (Lipinski definition) is 3. The van der Waals surface area contributed by atoms with Crippen molar-refractivity contribution in [1.82, 2.24) is 9.78 Å². The highest BCUT2D eigenvalue weighted by molar-refractivity contribution is 5.51. The normalized spacial score (nSPS) is 10.7. The molecule has 0 aliphatic heterocycles. The van der Waals surface area contributed by atoms with E-state index in [9.17, 15) is 0 Å². The van der Waals surface area contributed by atoms with Crippen LogP contribution in [0.25, 0.3) is 0 Å². The summed E-state index contributed by atoms with van der Waals surface area (Å²) < 4.78 is 7.49. The van der Waals surface area contributed by atoms with Crippen LogP contribution in [0.5, 0.6) is 0 Å². The molecule has 20 heavy (non-hydrogen) atoms. The molecule has 0 spiro atoms. The highest BCUT2D eigenvalue weighted by Gasteiger charge is 2.04. The smallest absolute Gasteiger partial charge is 0.123 e. The first kappa shape index (κ1) is 12.5. The predicted octanol–water partition coefficient (Wildman–Crippen LogP) is 3.44. The van der Waals surface area contributed by atoms with Gasteiger partial charge in [0, 0.05) is 18.1 Å². The van der Waals surface area contributed by atoms with Gasteiger partial charge in [-0.2, -0.15) is 5.10 Å². The summed E-state index contributed by atoms with van der Waals surface area (Å²) in [5, 5.41) is 7.67. The number of nitrogens with one attached hydrogen (secondary N) is 1. The van der Waals surface area contributed by atoms with Gasteiger partial charge in [-0.25, -0.2) is 0 Å². The molecule has 0 saturated carbocycles. The number of anilines is 1. The maximum Gasteiger partial charge on any atom is 0.123 e. The minimum absolute atomic E-state index is 0.684. The quantitative estimate of drug-likeness (QED) is 0.770. The average Bonchev–Trinajstić information content (AvgIpc) is 3.10. The molecule has 1 aromatic carbocycles. The Morgan fingerprint density at radius 2 is 2.05 bits per heavy atom. The summed E-state index contributed by atoms with van der Waals surface area (Å²) in [6.07, 6.45) is 3.76. The van der Waals surface area contributed by atoms with E-state index in [4.69, 9.17) is 4.42 Å². The molecule has 0 radical (unpaired) electrons. The average molecular weight is 267 g/mol. The lowest BCUT2D eigenvalue weighted by Gasteiger charge is -2.11. The van der Waals surface area contributed by atoms with Crippen LogP contribution in [0.1, 0.15) is 17.1 Å². The lowest BCUT2D eigenvalue weighted by Crippen LogP contribution is -2.05. The van der Waals surface area contributed by atoms with Gasteiger partial charge in [0.25, 0.3) is 0 Å². The van der Waals surface area contributed by atoms with Gasteiger partial charge in [-0.05, 0) is 36.8 Å². The third-order valence-electron chi connectivity index (χ3n) is 3.16. The topological polar surface area (TPSA) is 43.0 Å². The van der Waals surface area contributed by atoms with Gasteiger partial charge >= 0.3 is 0 Å². The van der Waals surface area contributed by atoms with Crippen LogP contribution in [-0.2, 0) is 13.1 Å². The van der Waals surface area contributed by atoms with Gasteiger partial charge in [0.2, 0.25) is 0 Å². The maximum absolute atomic E-state index is 5.57. The van der Waals surface area contributed by atoms with E-state index >= 15 is 0 Å². The summed E-state index contributed by atoms with van der Waals surface area (Å²) in [6, 6.07) is 14.2. The lowest BCUT2D eigenvalue weighted by molar-refractivity contribution is 0.490. The summed E-state index contributed by atoms with van der Waals surface area (Å²) in [6.45, 7) is 3.40. The van der Waals surface area contributed by atoms with E-state index in [-0.39, 0.29) is 0 Å². The Labute approximate surface area is 118 Å². The van der Waals surface area contributed by atoms with Crippen molar-refractivity contribution in [1.29, 1.82) is 0 Å². The molecule has 4 heteroatoms. The number of benzene rings is 1. The van der Waals surface area contributed by atoms with Gasteiger partial charge in [0.1, 0.15) is 11.5 Å². The molecule has 0 bridgehead atoms. The van der Waals surface area contributed by atoms with Crippen molar-refractivity contribution >= 4 is 5.69 Å². The number of furan rings is 1. The molecule has 1 N–H and O–H groups in total. The van der Waals surface area contributed by atoms with E-state index in [1.807, 2.05) is 48.1 Å². The Morgan fingerprint density at radius 3 is 2.80 bits per heavy atom. The number of rotatable bonds is 5. The summed E-state index contributed by atoms with van der Waals surface area (Å²) in [4.78, 5) is 0. The monoisotopic (exact) mass is 267 g/mol. The van der Waals surface area contributed by atoms with Gasteiger partial charge in [-0.1, -0.05) is 18.2 Å². The van der Waals surface area contributed by atoms with E-state index in [1.54, 1.807) is 6.20 Å². The Hall–Kier alpha value is -2.49. The molecule has 0 unspecified atom stereocenters. The van der Waals surface area contributed by atoms with Gasteiger partial charge in [-0.15, -0.1) is 0 Å². The lowest BCUT2D eigenvalue weighted by atomic mass is 10.1. The molecule has 0 saturated heterocycles. The first-order valence-electron chi connectivity index (χ1n) is 6.66. The van der Waals surface area contributed by atoms with Crippen LogP contribution in [0, 0.1) is 6.92 Å². The Morgan fingerprint density at radius 1 is 1.15 bits per heavy atom. The van der Waals surface area contributed by atoms with E-state index in [1.165, 1.54) is 5.56 Å². The molecular weight excluding hydrogens is 250 g/mol. The van der Waals surface area contributed by atoms with Crippen LogP contribution >= 0.6 is 0 Å². The van der Waals surface area contributed by atoms with Crippen molar-refractivity contribution < 1.29 is 4.42 Å². The second kappa shape index (κ2) is 5.65. The third kappa shape index (κ3) is 2.91. The van der Waals surface area contributed by atoms with Crippen LogP contribution in [0.3, 0.4) is 0 Å². The van der Waals surface area contributed by atoms with Crippen molar-refractivity contribution in [3.8, 4) is 0 Å². The van der Waals surface area contributed by atoms with Crippen molar-refractivity contribution in [2.45, 2.75) is 20.0 Å². The predicted molar refractivity (Wildman–Crippen MR) is 78.5 cm³/mol. The van der Waals surface area contributed by atoms with Crippen LogP contribution in [0.15, 0.2) is 59.3 Å². The molecule has 3 aromatic rings. The van der Waals surface area contributed by atoms with Crippen LogP contribution in [0.2, 0.25) is 0 Å². The molecule has 2 heterocycles. The molecule has 4 nitrogen and oxygen atoms in total. The minimum atomic E-state index is 0.684. The van der Waals surface area contributed by atoms with Gasteiger partial charge in [0.05, 0.1) is 13.1 Å². The number of hydrogen-bond donors (Lipinski definition) is 1. The van der Waals surface area contributed by atoms with Crippen LogP contribution in [0.4, 0.5) is 5.69 Å². The highest BCUT2D eigenvalue weighted by Crippen LogP contribution is 2.17. The summed E-state index contributed by atoms with van der Waals surface area (Å²) in [7, 11) is 0. The number of nitrogens with zero attached hydrogens (tertiary/aromatic N) is 2. The molecule has 102 valence electrons. The van der Waals surface area contributed by atoms with Crippen LogP contribution in [-0.4, -0.2) is 9.78 Å². The van der Waals surface area contributed by atoms with E-state index < -0.39 is 0 Å². The standard InChI is InChI=1S/C16H17N3O/c1-13-7-8-15(20-13)11-17-16-6-3-2-5-14(16)12-19-10-4-9-18-19/h2-10,17H,11-12H2,1H3. The molecule has 0 amide bonds. The maximum atomic E-state index is 5.57. The zero-order valence-electron chi connectivity index (χ0n) is 11.4. The summed E-state index contributed by atoms with van der Waals surface area (Å²) >= 11 is 0. The number of para-hydroxylation sites is 1. The molecule has 0 aliphatic rings. The Bertz CT molecular complexity index is 671. The second-order valence-electron chi connectivity index (χ2n) is 4.73.